The summed E-state index contributed by atoms with van der Waals surface area (Å²) >= 11 is 0. The average Bonchev–Trinajstić information content (AvgIpc) is 3.09. The molecule has 32 heavy (non-hydrogen) atoms. The Morgan fingerprint density at radius 1 is 1.16 bits per heavy atom. The first kappa shape index (κ1) is 22.0. The molecule has 0 bridgehead atoms. The molecule has 1 N–H and O–H groups in total. The van der Waals surface area contributed by atoms with Gasteiger partial charge in [0.2, 0.25) is 15.9 Å². The number of fused-ring (bicyclic) bond motifs is 1. The second-order valence-electron chi connectivity index (χ2n) is 8.08. The Labute approximate surface area is 187 Å². The Morgan fingerprint density at radius 2 is 1.88 bits per heavy atom. The van der Waals surface area contributed by atoms with Gasteiger partial charge >= 0.3 is 0 Å². The van der Waals surface area contributed by atoms with E-state index in [1.54, 1.807) is 47.4 Å². The SMILES string of the molecule is C=C1CCC(N2Cc3c(OCc4ccc(S(=O)(=O)N(C)C)cc4)cccc3C2=O)C(=O)N1. The van der Waals surface area contributed by atoms with Crippen LogP contribution >= 0.6 is 0 Å². The molecule has 2 aliphatic heterocycles. The molecule has 2 amide bonds. The van der Waals surface area contributed by atoms with Gasteiger partial charge in [0.25, 0.3) is 5.91 Å². The smallest absolute Gasteiger partial charge is 0.255 e. The lowest BCUT2D eigenvalue weighted by Crippen LogP contribution is -2.49. The molecule has 4 rings (SSSR count). The van der Waals surface area contributed by atoms with Crippen molar-refractivity contribution in [3.63, 3.8) is 0 Å². The molecule has 2 heterocycles. The van der Waals surface area contributed by atoms with Gasteiger partial charge in [0, 0.05) is 30.9 Å². The third-order valence-electron chi connectivity index (χ3n) is 5.75. The first-order valence-corrected chi connectivity index (χ1v) is 11.7. The third kappa shape index (κ3) is 4.01. The lowest BCUT2D eigenvalue weighted by atomic mass is 10.0. The van der Waals surface area contributed by atoms with Gasteiger partial charge in [0.1, 0.15) is 18.4 Å². The van der Waals surface area contributed by atoms with Gasteiger partial charge in [0.15, 0.2) is 0 Å². The van der Waals surface area contributed by atoms with Crippen molar-refractivity contribution in [3.8, 4) is 5.75 Å². The van der Waals surface area contributed by atoms with Crippen LogP contribution in [0.3, 0.4) is 0 Å². The van der Waals surface area contributed by atoms with Crippen LogP contribution in [0.25, 0.3) is 0 Å². The quantitative estimate of drug-likeness (QED) is 0.721. The Hall–Kier alpha value is -3.17. The molecule has 1 saturated heterocycles. The minimum Gasteiger partial charge on any atom is -0.489 e. The molecule has 0 aliphatic carbocycles. The van der Waals surface area contributed by atoms with Gasteiger partial charge < -0.3 is 15.0 Å². The van der Waals surface area contributed by atoms with E-state index in [0.717, 1.165) is 15.4 Å². The van der Waals surface area contributed by atoms with E-state index in [0.29, 0.717) is 36.4 Å². The zero-order valence-electron chi connectivity index (χ0n) is 18.0. The highest BCUT2D eigenvalue weighted by atomic mass is 32.2. The Kier molecular flexibility index (Phi) is 5.79. The number of nitrogens with one attached hydrogen (secondary N) is 1. The van der Waals surface area contributed by atoms with E-state index in [1.165, 1.54) is 14.1 Å². The number of sulfonamides is 1. The maximum atomic E-state index is 12.9. The van der Waals surface area contributed by atoms with Crippen molar-refractivity contribution >= 4 is 21.8 Å². The zero-order chi connectivity index (χ0) is 23.0. The monoisotopic (exact) mass is 455 g/mol. The molecule has 0 spiro atoms. The lowest BCUT2D eigenvalue weighted by molar-refractivity contribution is -0.126. The normalized spacial score (nSPS) is 18.7. The second kappa shape index (κ2) is 8.40. The highest BCUT2D eigenvalue weighted by Crippen LogP contribution is 2.34. The number of allylic oxidation sites excluding steroid dienone is 1. The number of benzene rings is 2. The van der Waals surface area contributed by atoms with Gasteiger partial charge in [-0.25, -0.2) is 12.7 Å². The summed E-state index contributed by atoms with van der Waals surface area (Å²) in [6.45, 7) is 4.31. The van der Waals surface area contributed by atoms with E-state index < -0.39 is 16.1 Å². The zero-order valence-corrected chi connectivity index (χ0v) is 18.8. The van der Waals surface area contributed by atoms with Crippen LogP contribution in [0.5, 0.6) is 5.75 Å². The summed E-state index contributed by atoms with van der Waals surface area (Å²) < 4.78 is 31.6. The third-order valence-corrected chi connectivity index (χ3v) is 7.58. The van der Waals surface area contributed by atoms with Crippen LogP contribution in [0.15, 0.2) is 59.6 Å². The van der Waals surface area contributed by atoms with Crippen LogP contribution in [0.2, 0.25) is 0 Å². The summed E-state index contributed by atoms with van der Waals surface area (Å²) in [7, 11) is -0.516. The molecule has 9 heteroatoms. The van der Waals surface area contributed by atoms with Gasteiger partial charge in [-0.15, -0.1) is 0 Å². The summed E-state index contributed by atoms with van der Waals surface area (Å²) in [5, 5.41) is 2.73. The molecule has 8 nitrogen and oxygen atoms in total. The number of ether oxygens (including phenoxy) is 1. The van der Waals surface area contributed by atoms with E-state index in [1.807, 2.05) is 0 Å². The van der Waals surface area contributed by atoms with Crippen LogP contribution in [-0.2, 0) is 28.0 Å². The second-order valence-corrected chi connectivity index (χ2v) is 10.2. The van der Waals surface area contributed by atoms with E-state index in [4.69, 9.17) is 4.74 Å². The predicted octanol–water partition coefficient (Wildman–Crippen LogP) is 2.26. The number of piperidine rings is 1. The Morgan fingerprint density at radius 3 is 2.53 bits per heavy atom. The number of hydrogen-bond acceptors (Lipinski definition) is 5. The van der Waals surface area contributed by atoms with Crippen LogP contribution in [0.1, 0.15) is 34.3 Å². The maximum absolute atomic E-state index is 12.9. The van der Waals surface area contributed by atoms with Crippen LogP contribution in [0, 0.1) is 0 Å². The molecular formula is C23H25N3O5S. The highest BCUT2D eigenvalue weighted by molar-refractivity contribution is 7.89. The van der Waals surface area contributed by atoms with Crippen molar-refractivity contribution < 1.29 is 22.7 Å². The Bertz CT molecular complexity index is 1190. The number of nitrogens with zero attached hydrogens (tertiary/aromatic N) is 2. The summed E-state index contributed by atoms with van der Waals surface area (Å²) in [5.74, 6) is 0.179. The molecule has 0 saturated carbocycles. The summed E-state index contributed by atoms with van der Waals surface area (Å²) in [5.41, 5.74) is 2.75. The minimum atomic E-state index is -3.49. The van der Waals surface area contributed by atoms with Crippen molar-refractivity contribution in [1.29, 1.82) is 0 Å². The van der Waals surface area contributed by atoms with Crippen molar-refractivity contribution in [3.05, 3.63) is 71.4 Å². The van der Waals surface area contributed by atoms with Crippen LogP contribution < -0.4 is 10.1 Å². The number of carbonyl (C=O) groups excluding carboxylic acids is 2. The van der Waals surface area contributed by atoms with Crippen molar-refractivity contribution in [2.45, 2.75) is 36.9 Å². The van der Waals surface area contributed by atoms with Crippen LogP contribution in [0.4, 0.5) is 0 Å². The number of carbonyl (C=O) groups is 2. The number of amides is 2. The Balaban J connectivity index is 1.48. The molecule has 2 aromatic carbocycles. The molecule has 1 fully saturated rings. The van der Waals surface area contributed by atoms with Gasteiger partial charge in [0.05, 0.1) is 11.4 Å². The fourth-order valence-corrected chi connectivity index (χ4v) is 4.80. The first-order chi connectivity index (χ1) is 15.2. The van der Waals surface area contributed by atoms with Crippen molar-refractivity contribution in [2.24, 2.45) is 0 Å². The highest BCUT2D eigenvalue weighted by Gasteiger charge is 2.39. The van der Waals surface area contributed by atoms with E-state index in [9.17, 15) is 18.0 Å². The maximum Gasteiger partial charge on any atom is 0.255 e. The molecule has 0 aromatic heterocycles. The molecule has 1 atom stereocenters. The summed E-state index contributed by atoms with van der Waals surface area (Å²) in [6.07, 6.45) is 1.18. The number of rotatable bonds is 6. The van der Waals surface area contributed by atoms with Gasteiger partial charge in [-0.1, -0.05) is 24.8 Å². The molecule has 168 valence electrons. The molecular weight excluding hydrogens is 430 g/mol. The van der Waals surface area contributed by atoms with Gasteiger partial charge in [-0.2, -0.15) is 0 Å². The minimum absolute atomic E-state index is 0.184. The van der Waals surface area contributed by atoms with E-state index in [2.05, 4.69) is 11.9 Å². The standard InChI is InChI=1S/C23H25N3O5S/c1-15-7-12-20(22(27)24-15)26-13-19-18(23(26)28)5-4-6-21(19)31-14-16-8-10-17(11-9-16)32(29,30)25(2)3/h4-6,8-11,20H,1,7,12-14H2,2-3H3,(H,24,27). The summed E-state index contributed by atoms with van der Waals surface area (Å²) in [6, 6.07) is 11.3. The average molecular weight is 456 g/mol. The molecule has 1 unspecified atom stereocenters. The molecule has 0 radical (unpaired) electrons. The predicted molar refractivity (Wildman–Crippen MR) is 118 cm³/mol. The van der Waals surface area contributed by atoms with Crippen molar-refractivity contribution in [1.82, 2.24) is 14.5 Å². The fraction of sp³-hybridized carbons (Fsp3) is 0.304. The van der Waals surface area contributed by atoms with E-state index >= 15 is 0 Å². The number of hydrogen-bond donors (Lipinski definition) is 1. The van der Waals surface area contributed by atoms with Crippen LogP contribution in [-0.4, -0.2) is 49.6 Å². The van der Waals surface area contributed by atoms with Gasteiger partial charge in [-0.05, 0) is 42.7 Å². The molecule has 2 aliphatic rings. The topological polar surface area (TPSA) is 96.0 Å². The first-order valence-electron chi connectivity index (χ1n) is 10.2. The van der Waals surface area contributed by atoms with E-state index in [-0.39, 0.29) is 23.3 Å². The fourth-order valence-electron chi connectivity index (χ4n) is 3.90. The van der Waals surface area contributed by atoms with Crippen molar-refractivity contribution in [2.75, 3.05) is 14.1 Å². The molecule has 2 aromatic rings. The lowest BCUT2D eigenvalue weighted by Gasteiger charge is -2.31. The summed E-state index contributed by atoms with van der Waals surface area (Å²) in [4.78, 5) is 27.1. The van der Waals surface area contributed by atoms with Gasteiger partial charge in [-0.3, -0.25) is 9.59 Å². The largest absolute Gasteiger partial charge is 0.489 e.